The lowest BCUT2D eigenvalue weighted by molar-refractivity contribution is -0.385. The molecule has 2 rings (SSSR count). The zero-order chi connectivity index (χ0) is 15.6. The standard InChI is InChI=1S/C14H11F2NO4/c1-8(18)11-6-9(15)3-5-13(11)21-14-7-10(16)2-4-12(14)17(19)20/h2-8,18H,1H3/t8-/m0/s1. The zero-order valence-electron chi connectivity index (χ0n) is 10.9. The first kappa shape index (κ1) is 14.9. The number of rotatable bonds is 4. The van der Waals surface area contributed by atoms with Gasteiger partial charge in [-0.15, -0.1) is 0 Å². The molecule has 1 N–H and O–H groups in total. The SMILES string of the molecule is C[C@H](O)c1cc(F)ccc1Oc1cc(F)ccc1[N+](=O)[O-]. The Morgan fingerprint density at radius 3 is 2.38 bits per heavy atom. The first-order chi connectivity index (χ1) is 9.88. The lowest BCUT2D eigenvalue weighted by Gasteiger charge is -2.13. The Morgan fingerprint density at radius 2 is 1.76 bits per heavy atom. The Labute approximate surface area is 118 Å². The number of nitro groups is 1. The number of halogens is 2. The quantitative estimate of drug-likeness (QED) is 0.689. The van der Waals surface area contributed by atoms with Crippen molar-refractivity contribution in [3.8, 4) is 11.5 Å². The zero-order valence-corrected chi connectivity index (χ0v) is 10.9. The normalized spacial score (nSPS) is 12.0. The summed E-state index contributed by atoms with van der Waals surface area (Å²) in [6.45, 7) is 1.39. The maximum Gasteiger partial charge on any atom is 0.311 e. The lowest BCUT2D eigenvalue weighted by Crippen LogP contribution is -1.99. The molecule has 2 aromatic rings. The van der Waals surface area contributed by atoms with Gasteiger partial charge in [0.15, 0.2) is 0 Å². The molecular formula is C14H11F2NO4. The summed E-state index contributed by atoms with van der Waals surface area (Å²) >= 11 is 0. The van der Waals surface area contributed by atoms with Gasteiger partial charge in [0.05, 0.1) is 11.0 Å². The Kier molecular flexibility index (Phi) is 4.13. The Balaban J connectivity index is 2.47. The highest BCUT2D eigenvalue weighted by atomic mass is 19.1. The van der Waals surface area contributed by atoms with Crippen LogP contribution < -0.4 is 4.74 Å². The van der Waals surface area contributed by atoms with E-state index < -0.39 is 28.3 Å². The van der Waals surface area contributed by atoms with Crippen LogP contribution in [-0.2, 0) is 0 Å². The van der Waals surface area contributed by atoms with Gasteiger partial charge in [-0.25, -0.2) is 8.78 Å². The molecule has 0 aliphatic heterocycles. The van der Waals surface area contributed by atoms with Gasteiger partial charge in [0.1, 0.15) is 17.4 Å². The highest BCUT2D eigenvalue weighted by Crippen LogP contribution is 2.35. The van der Waals surface area contributed by atoms with Crippen molar-refractivity contribution in [2.75, 3.05) is 0 Å². The summed E-state index contributed by atoms with van der Waals surface area (Å²) in [5.74, 6) is -1.61. The number of hydrogen-bond donors (Lipinski definition) is 1. The van der Waals surface area contributed by atoms with E-state index in [9.17, 15) is 24.0 Å². The molecule has 0 spiro atoms. The second-order valence-corrected chi connectivity index (χ2v) is 4.33. The number of aliphatic hydroxyl groups excluding tert-OH is 1. The average molecular weight is 295 g/mol. The molecule has 0 unspecified atom stereocenters. The highest BCUT2D eigenvalue weighted by molar-refractivity contribution is 5.50. The number of nitrogens with zero attached hydrogens (tertiary/aromatic N) is 1. The molecule has 0 aromatic heterocycles. The van der Waals surface area contributed by atoms with Gasteiger partial charge in [-0.1, -0.05) is 0 Å². The fourth-order valence-electron chi connectivity index (χ4n) is 1.78. The van der Waals surface area contributed by atoms with Gasteiger partial charge in [-0.2, -0.15) is 0 Å². The van der Waals surface area contributed by atoms with Crippen LogP contribution in [-0.4, -0.2) is 10.0 Å². The third-order valence-corrected chi connectivity index (χ3v) is 2.76. The first-order valence-electron chi connectivity index (χ1n) is 5.98. The highest BCUT2D eigenvalue weighted by Gasteiger charge is 2.19. The minimum Gasteiger partial charge on any atom is -0.450 e. The van der Waals surface area contributed by atoms with Crippen molar-refractivity contribution in [2.24, 2.45) is 0 Å². The summed E-state index contributed by atoms with van der Waals surface area (Å²) in [5.41, 5.74) is -0.328. The molecule has 0 aliphatic rings. The number of nitro benzene ring substituents is 1. The summed E-state index contributed by atoms with van der Waals surface area (Å²) in [6, 6.07) is 6.10. The third kappa shape index (κ3) is 3.32. The first-order valence-corrected chi connectivity index (χ1v) is 5.98. The maximum atomic E-state index is 13.2. The number of aliphatic hydroxyl groups is 1. The van der Waals surface area contributed by atoms with Crippen molar-refractivity contribution in [1.82, 2.24) is 0 Å². The van der Waals surface area contributed by atoms with Crippen molar-refractivity contribution in [1.29, 1.82) is 0 Å². The van der Waals surface area contributed by atoms with E-state index in [1.165, 1.54) is 13.0 Å². The predicted molar refractivity (Wildman–Crippen MR) is 70.2 cm³/mol. The molecule has 0 saturated carbocycles. The predicted octanol–water partition coefficient (Wildman–Crippen LogP) is 3.72. The third-order valence-electron chi connectivity index (χ3n) is 2.76. The molecule has 0 amide bonds. The fraction of sp³-hybridized carbons (Fsp3) is 0.143. The molecule has 5 nitrogen and oxygen atoms in total. The maximum absolute atomic E-state index is 13.2. The summed E-state index contributed by atoms with van der Waals surface area (Å²) in [7, 11) is 0. The fourth-order valence-corrected chi connectivity index (χ4v) is 1.78. The van der Waals surface area contributed by atoms with Crippen LogP contribution in [0.15, 0.2) is 36.4 Å². The van der Waals surface area contributed by atoms with Gasteiger partial charge in [-0.05, 0) is 31.2 Å². The Bertz CT molecular complexity index is 689. The summed E-state index contributed by atoms with van der Waals surface area (Å²) in [6.07, 6.45) is -1.05. The molecule has 2 aromatic carbocycles. The molecule has 0 saturated heterocycles. The van der Waals surface area contributed by atoms with E-state index >= 15 is 0 Å². The van der Waals surface area contributed by atoms with E-state index in [1.54, 1.807) is 0 Å². The second kappa shape index (κ2) is 5.84. The number of benzene rings is 2. The molecule has 0 fully saturated rings. The van der Waals surface area contributed by atoms with Crippen LogP contribution in [0.25, 0.3) is 0 Å². The Morgan fingerprint density at radius 1 is 1.14 bits per heavy atom. The molecular weight excluding hydrogens is 284 g/mol. The van der Waals surface area contributed by atoms with Gasteiger partial charge in [0.25, 0.3) is 0 Å². The van der Waals surface area contributed by atoms with E-state index in [4.69, 9.17) is 4.74 Å². The van der Waals surface area contributed by atoms with Gasteiger partial charge < -0.3 is 9.84 Å². The van der Waals surface area contributed by atoms with Crippen LogP contribution in [0.4, 0.5) is 14.5 Å². The molecule has 0 bridgehead atoms. The van der Waals surface area contributed by atoms with Crippen molar-refractivity contribution in [2.45, 2.75) is 13.0 Å². The molecule has 110 valence electrons. The summed E-state index contributed by atoms with van der Waals surface area (Å²) in [5, 5.41) is 20.5. The number of ether oxygens (including phenoxy) is 1. The van der Waals surface area contributed by atoms with Crippen LogP contribution in [0.2, 0.25) is 0 Å². The van der Waals surface area contributed by atoms with Gasteiger partial charge in [0.2, 0.25) is 5.75 Å². The van der Waals surface area contributed by atoms with Gasteiger partial charge in [0, 0.05) is 17.7 Å². The summed E-state index contributed by atoms with van der Waals surface area (Å²) in [4.78, 5) is 10.2. The van der Waals surface area contributed by atoms with E-state index in [1.807, 2.05) is 0 Å². The second-order valence-electron chi connectivity index (χ2n) is 4.33. The van der Waals surface area contributed by atoms with Crippen molar-refractivity contribution in [3.63, 3.8) is 0 Å². The van der Waals surface area contributed by atoms with Crippen LogP contribution in [0.5, 0.6) is 11.5 Å². The monoisotopic (exact) mass is 295 g/mol. The smallest absolute Gasteiger partial charge is 0.311 e. The lowest BCUT2D eigenvalue weighted by atomic mass is 10.1. The van der Waals surface area contributed by atoms with E-state index in [2.05, 4.69) is 0 Å². The van der Waals surface area contributed by atoms with Gasteiger partial charge in [-0.3, -0.25) is 10.1 Å². The molecule has 0 radical (unpaired) electrons. The van der Waals surface area contributed by atoms with Gasteiger partial charge >= 0.3 is 5.69 Å². The van der Waals surface area contributed by atoms with Crippen molar-refractivity contribution >= 4 is 5.69 Å². The van der Waals surface area contributed by atoms with Crippen molar-refractivity contribution in [3.05, 3.63) is 63.7 Å². The van der Waals surface area contributed by atoms with Crippen molar-refractivity contribution < 1.29 is 23.5 Å². The minimum atomic E-state index is -1.05. The minimum absolute atomic E-state index is 0.0140. The van der Waals surface area contributed by atoms with Crippen LogP contribution in [0, 0.1) is 21.7 Å². The largest absolute Gasteiger partial charge is 0.450 e. The topological polar surface area (TPSA) is 72.6 Å². The molecule has 1 atom stereocenters. The molecule has 21 heavy (non-hydrogen) atoms. The van der Waals surface area contributed by atoms with E-state index in [0.717, 1.165) is 30.3 Å². The molecule has 0 aliphatic carbocycles. The van der Waals surface area contributed by atoms with Crippen LogP contribution in [0.1, 0.15) is 18.6 Å². The molecule has 7 heteroatoms. The van der Waals surface area contributed by atoms with Crippen LogP contribution >= 0.6 is 0 Å². The van der Waals surface area contributed by atoms with E-state index in [0.29, 0.717) is 0 Å². The average Bonchev–Trinajstić information content (AvgIpc) is 2.40. The number of hydrogen-bond acceptors (Lipinski definition) is 4. The Hall–Kier alpha value is -2.54. The molecule has 0 heterocycles. The summed E-state index contributed by atoms with van der Waals surface area (Å²) < 4.78 is 31.7. The van der Waals surface area contributed by atoms with E-state index in [-0.39, 0.29) is 17.1 Å². The van der Waals surface area contributed by atoms with Crippen LogP contribution in [0.3, 0.4) is 0 Å².